The second kappa shape index (κ2) is 8.54. The number of aliphatic hydroxyl groups excluding tert-OH is 1. The van der Waals surface area contributed by atoms with Gasteiger partial charge in [0.1, 0.15) is 23.3 Å². The van der Waals surface area contributed by atoms with Gasteiger partial charge in [0, 0.05) is 17.3 Å². The van der Waals surface area contributed by atoms with E-state index in [4.69, 9.17) is 4.74 Å². The van der Waals surface area contributed by atoms with Gasteiger partial charge in [0.05, 0.1) is 23.8 Å². The monoisotopic (exact) mass is 434 g/mol. The number of aliphatic hydroxyl groups is 1. The highest BCUT2D eigenvalue weighted by Gasteiger charge is 2.27. The van der Waals surface area contributed by atoms with Crippen molar-refractivity contribution >= 4 is 16.9 Å². The van der Waals surface area contributed by atoms with Gasteiger partial charge in [0.25, 0.3) is 5.91 Å². The quantitative estimate of drug-likeness (QED) is 0.543. The topological polar surface area (TPSA) is 100 Å². The SMILES string of the molecule is Cc1ccc(OCC2CC2)c(-c2ncnc3c(C(=O)N[C@@H]4CCC[C@H](O)C4)c(C)[nH]c23)c1. The van der Waals surface area contributed by atoms with Gasteiger partial charge in [0.15, 0.2) is 0 Å². The number of carbonyl (C=O) groups is 1. The van der Waals surface area contributed by atoms with Gasteiger partial charge in [-0.05, 0) is 70.4 Å². The van der Waals surface area contributed by atoms with Crippen molar-refractivity contribution in [3.8, 4) is 17.0 Å². The highest BCUT2D eigenvalue weighted by molar-refractivity contribution is 6.09. The molecule has 7 heteroatoms. The van der Waals surface area contributed by atoms with Crippen LogP contribution in [0, 0.1) is 19.8 Å². The maximum atomic E-state index is 13.2. The Morgan fingerprint density at radius 2 is 2.06 bits per heavy atom. The molecule has 2 aliphatic carbocycles. The molecule has 2 aliphatic rings. The lowest BCUT2D eigenvalue weighted by Gasteiger charge is -2.26. The van der Waals surface area contributed by atoms with Crippen LogP contribution in [0.15, 0.2) is 24.5 Å². The summed E-state index contributed by atoms with van der Waals surface area (Å²) in [5, 5.41) is 13.1. The Balaban J connectivity index is 1.50. The number of aryl methyl sites for hydroxylation is 2. The molecular weight excluding hydrogens is 404 g/mol. The molecule has 0 aliphatic heterocycles. The van der Waals surface area contributed by atoms with Crippen LogP contribution in [0.3, 0.4) is 0 Å². The van der Waals surface area contributed by atoms with Gasteiger partial charge in [-0.25, -0.2) is 9.97 Å². The Bertz CT molecular complexity index is 1150. The predicted molar refractivity (Wildman–Crippen MR) is 123 cm³/mol. The Morgan fingerprint density at radius 1 is 1.22 bits per heavy atom. The van der Waals surface area contributed by atoms with E-state index in [2.05, 4.69) is 26.3 Å². The summed E-state index contributed by atoms with van der Waals surface area (Å²) in [6.45, 7) is 4.65. The van der Waals surface area contributed by atoms with Gasteiger partial charge in [-0.3, -0.25) is 4.79 Å². The Kier molecular flexibility index (Phi) is 5.59. The Hall–Kier alpha value is -2.93. The highest BCUT2D eigenvalue weighted by atomic mass is 16.5. The molecule has 32 heavy (non-hydrogen) atoms. The van der Waals surface area contributed by atoms with E-state index >= 15 is 0 Å². The molecule has 2 atom stereocenters. The van der Waals surface area contributed by atoms with Gasteiger partial charge in [-0.2, -0.15) is 0 Å². The third-order valence-corrected chi connectivity index (χ3v) is 6.54. The number of rotatable bonds is 6. The lowest BCUT2D eigenvalue weighted by atomic mass is 9.93. The molecule has 0 radical (unpaired) electrons. The van der Waals surface area contributed by atoms with E-state index in [0.29, 0.717) is 23.4 Å². The number of hydrogen-bond donors (Lipinski definition) is 3. The predicted octanol–water partition coefficient (Wildman–Crippen LogP) is 4.06. The maximum absolute atomic E-state index is 13.2. The van der Waals surface area contributed by atoms with Gasteiger partial charge >= 0.3 is 0 Å². The normalized spacial score (nSPS) is 21.0. The molecule has 5 rings (SSSR count). The van der Waals surface area contributed by atoms with Gasteiger partial charge in [0.2, 0.25) is 0 Å². The molecule has 3 N–H and O–H groups in total. The fraction of sp³-hybridized carbons (Fsp3) is 0.480. The molecule has 2 saturated carbocycles. The number of benzene rings is 1. The van der Waals surface area contributed by atoms with Crippen molar-refractivity contribution in [3.05, 3.63) is 41.3 Å². The molecule has 0 bridgehead atoms. The molecule has 0 saturated heterocycles. The second-order valence-electron chi connectivity index (χ2n) is 9.32. The Labute approximate surface area is 187 Å². The van der Waals surface area contributed by atoms with Gasteiger partial charge in [-0.15, -0.1) is 0 Å². The minimum Gasteiger partial charge on any atom is -0.493 e. The largest absolute Gasteiger partial charge is 0.493 e. The van der Waals surface area contributed by atoms with Crippen molar-refractivity contribution in [2.75, 3.05) is 6.61 Å². The first kappa shape index (κ1) is 20.9. The second-order valence-corrected chi connectivity index (χ2v) is 9.32. The van der Waals surface area contributed by atoms with Crippen molar-refractivity contribution in [1.82, 2.24) is 20.3 Å². The standard InChI is InChI=1S/C25H30N4O3/c1-14-6-9-20(32-12-16-7-8-16)19(10-14)22-24-23(27-13-26-22)21(15(2)28-24)25(31)29-17-4-3-5-18(30)11-17/h6,9-10,13,16-18,28,30H,3-5,7-8,11-12H2,1-2H3,(H,29,31)/t17-,18+/m1/s1. The van der Waals surface area contributed by atoms with Crippen LogP contribution in [0.4, 0.5) is 0 Å². The number of nitrogens with zero attached hydrogens (tertiary/aromatic N) is 2. The molecule has 168 valence electrons. The zero-order valence-corrected chi connectivity index (χ0v) is 18.6. The number of nitrogens with one attached hydrogen (secondary N) is 2. The van der Waals surface area contributed by atoms with E-state index < -0.39 is 0 Å². The van der Waals surface area contributed by atoms with Gasteiger partial charge < -0.3 is 20.1 Å². The molecule has 0 unspecified atom stereocenters. The molecular formula is C25H30N4O3. The number of H-pyrrole nitrogens is 1. The fourth-order valence-electron chi connectivity index (χ4n) is 4.60. The molecule has 3 aromatic rings. The van der Waals surface area contributed by atoms with Crippen molar-refractivity contribution in [2.24, 2.45) is 5.92 Å². The molecule has 1 amide bonds. The van der Waals surface area contributed by atoms with E-state index in [0.717, 1.165) is 59.7 Å². The van der Waals surface area contributed by atoms with E-state index in [-0.39, 0.29) is 18.1 Å². The van der Waals surface area contributed by atoms with Crippen molar-refractivity contribution < 1.29 is 14.6 Å². The summed E-state index contributed by atoms with van der Waals surface area (Å²) >= 11 is 0. The van der Waals surface area contributed by atoms with Crippen molar-refractivity contribution in [3.63, 3.8) is 0 Å². The average molecular weight is 435 g/mol. The number of fused-ring (bicyclic) bond motifs is 1. The molecule has 0 spiro atoms. The zero-order valence-electron chi connectivity index (χ0n) is 18.6. The summed E-state index contributed by atoms with van der Waals surface area (Å²) in [5.74, 6) is 1.29. The first-order valence-corrected chi connectivity index (χ1v) is 11.6. The van der Waals surface area contributed by atoms with Crippen LogP contribution in [0.5, 0.6) is 5.75 Å². The van der Waals surface area contributed by atoms with Crippen LogP contribution in [-0.2, 0) is 0 Å². The number of aromatic amines is 1. The number of hydrogen-bond acceptors (Lipinski definition) is 5. The lowest BCUT2D eigenvalue weighted by molar-refractivity contribution is 0.0850. The van der Waals surface area contributed by atoms with Gasteiger partial charge in [-0.1, -0.05) is 11.6 Å². The maximum Gasteiger partial charge on any atom is 0.255 e. The van der Waals surface area contributed by atoms with Crippen LogP contribution < -0.4 is 10.1 Å². The summed E-state index contributed by atoms with van der Waals surface area (Å²) in [5.41, 5.74) is 5.39. The minimum absolute atomic E-state index is 0.0175. The summed E-state index contributed by atoms with van der Waals surface area (Å²) in [4.78, 5) is 25.6. The van der Waals surface area contributed by atoms with E-state index in [1.54, 1.807) is 0 Å². The number of carbonyl (C=O) groups excluding carboxylic acids is 1. The number of amides is 1. The van der Waals surface area contributed by atoms with Crippen molar-refractivity contribution in [2.45, 2.75) is 64.5 Å². The van der Waals surface area contributed by atoms with E-state index in [1.807, 2.05) is 26.0 Å². The first-order chi connectivity index (χ1) is 15.5. The molecule has 2 heterocycles. The van der Waals surface area contributed by atoms with Crippen molar-refractivity contribution in [1.29, 1.82) is 0 Å². The first-order valence-electron chi connectivity index (χ1n) is 11.6. The molecule has 2 fully saturated rings. The lowest BCUT2D eigenvalue weighted by Crippen LogP contribution is -2.39. The van der Waals surface area contributed by atoms with E-state index in [9.17, 15) is 9.90 Å². The molecule has 2 aromatic heterocycles. The number of ether oxygens (including phenoxy) is 1. The molecule has 1 aromatic carbocycles. The third-order valence-electron chi connectivity index (χ3n) is 6.54. The summed E-state index contributed by atoms with van der Waals surface area (Å²) < 4.78 is 6.14. The molecule has 7 nitrogen and oxygen atoms in total. The van der Waals surface area contributed by atoms with Crippen LogP contribution in [0.1, 0.15) is 60.1 Å². The highest BCUT2D eigenvalue weighted by Crippen LogP contribution is 2.37. The average Bonchev–Trinajstić information content (AvgIpc) is 3.52. The van der Waals surface area contributed by atoms with Crippen LogP contribution >= 0.6 is 0 Å². The summed E-state index contributed by atoms with van der Waals surface area (Å²) in [7, 11) is 0. The summed E-state index contributed by atoms with van der Waals surface area (Å²) in [6, 6.07) is 6.10. The third kappa shape index (κ3) is 4.21. The Morgan fingerprint density at radius 3 is 2.84 bits per heavy atom. The number of aromatic nitrogens is 3. The summed E-state index contributed by atoms with van der Waals surface area (Å²) in [6.07, 6.45) is 6.82. The minimum atomic E-state index is -0.345. The fourth-order valence-corrected chi connectivity index (χ4v) is 4.60. The zero-order chi connectivity index (χ0) is 22.2. The van der Waals surface area contributed by atoms with Crippen LogP contribution in [0.2, 0.25) is 0 Å². The van der Waals surface area contributed by atoms with Crippen LogP contribution in [-0.4, -0.2) is 44.7 Å². The smallest absolute Gasteiger partial charge is 0.255 e. The van der Waals surface area contributed by atoms with Crippen LogP contribution in [0.25, 0.3) is 22.3 Å². The van der Waals surface area contributed by atoms with E-state index in [1.165, 1.54) is 19.2 Å².